The van der Waals surface area contributed by atoms with Crippen LogP contribution in [0.25, 0.3) is 0 Å². The molecule has 0 amide bonds. The Morgan fingerprint density at radius 2 is 1.69 bits per heavy atom. The molecule has 1 heterocycles. The van der Waals surface area contributed by atoms with Gasteiger partial charge in [0.25, 0.3) is 0 Å². The Hall–Kier alpha value is -0.250. The van der Waals surface area contributed by atoms with Crippen LogP contribution in [0.2, 0.25) is 0 Å². The van der Waals surface area contributed by atoms with Crippen LogP contribution >= 0.6 is 0 Å². The van der Waals surface area contributed by atoms with E-state index in [1.54, 1.807) is 0 Å². The van der Waals surface area contributed by atoms with Crippen molar-refractivity contribution in [3.05, 3.63) is 0 Å². The fourth-order valence-corrected chi connectivity index (χ4v) is 5.89. The summed E-state index contributed by atoms with van der Waals surface area (Å²) < 4.78 is 41.1. The highest BCUT2D eigenvalue weighted by atomic mass is 32.3. The van der Waals surface area contributed by atoms with Gasteiger partial charge in [-0.3, -0.25) is 4.55 Å². The van der Waals surface area contributed by atoms with Crippen molar-refractivity contribution in [2.75, 3.05) is 6.61 Å². The maximum Gasteiger partial charge on any atom is 0.397 e. The standard InChI is InChI=1S/C18H30O7S/c1-17(16-10-14-3-2-4-15(9-14)11-16)23-18(25-24-17)7-5-13(6-8-18)12-22-26(19,20)21/h13-16H,2-12H2,1H3,(H,19,20,21)/t13-,14?,15?,16?,17-,18+/m0/s1. The van der Waals surface area contributed by atoms with Crippen molar-refractivity contribution in [1.82, 2.24) is 0 Å². The summed E-state index contributed by atoms with van der Waals surface area (Å²) >= 11 is 0. The summed E-state index contributed by atoms with van der Waals surface area (Å²) in [6, 6.07) is 0. The molecule has 3 saturated carbocycles. The first kappa shape index (κ1) is 19.1. The van der Waals surface area contributed by atoms with Crippen molar-refractivity contribution < 1.29 is 31.7 Å². The molecule has 2 unspecified atom stereocenters. The number of fused-ring (bicyclic) bond motifs is 2. The average molecular weight is 390 g/mol. The van der Waals surface area contributed by atoms with E-state index in [-0.39, 0.29) is 12.5 Å². The summed E-state index contributed by atoms with van der Waals surface area (Å²) in [5, 5.41) is 0. The summed E-state index contributed by atoms with van der Waals surface area (Å²) in [6.45, 7) is 2.01. The molecule has 1 N–H and O–H groups in total. The molecule has 0 radical (unpaired) electrons. The van der Waals surface area contributed by atoms with Gasteiger partial charge in [-0.15, -0.1) is 0 Å². The van der Waals surface area contributed by atoms with Gasteiger partial charge < -0.3 is 4.74 Å². The lowest BCUT2D eigenvalue weighted by Crippen LogP contribution is -2.45. The smallest absolute Gasteiger partial charge is 0.312 e. The summed E-state index contributed by atoms with van der Waals surface area (Å²) in [4.78, 5) is 11.5. The lowest BCUT2D eigenvalue weighted by molar-refractivity contribution is -0.362. The number of ether oxygens (including phenoxy) is 1. The van der Waals surface area contributed by atoms with Crippen molar-refractivity contribution in [3.8, 4) is 0 Å². The molecule has 0 aromatic carbocycles. The lowest BCUT2D eigenvalue weighted by atomic mass is 9.66. The number of rotatable bonds is 4. The molecule has 4 rings (SSSR count). The molecular weight excluding hydrogens is 360 g/mol. The second-order valence-corrected chi connectivity index (χ2v) is 10.0. The Morgan fingerprint density at radius 1 is 1.04 bits per heavy atom. The van der Waals surface area contributed by atoms with Gasteiger partial charge in [-0.05, 0) is 56.8 Å². The van der Waals surface area contributed by atoms with Crippen LogP contribution in [-0.2, 0) is 29.1 Å². The van der Waals surface area contributed by atoms with Gasteiger partial charge in [0.05, 0.1) is 6.61 Å². The minimum atomic E-state index is -4.38. The van der Waals surface area contributed by atoms with Crippen LogP contribution in [0.5, 0.6) is 0 Å². The molecule has 3 aliphatic carbocycles. The molecular formula is C18H30O7S. The van der Waals surface area contributed by atoms with Gasteiger partial charge in [0.1, 0.15) is 0 Å². The average Bonchev–Trinajstić information content (AvgIpc) is 2.91. The van der Waals surface area contributed by atoms with Crippen molar-refractivity contribution in [1.29, 1.82) is 0 Å². The minimum Gasteiger partial charge on any atom is -0.312 e. The molecule has 4 fully saturated rings. The Kier molecular flexibility index (Phi) is 5.12. The normalized spacial score (nSPS) is 46.5. The van der Waals surface area contributed by atoms with E-state index < -0.39 is 22.0 Å². The first-order valence-electron chi connectivity index (χ1n) is 9.94. The third-order valence-corrected chi connectivity index (χ3v) is 7.37. The second kappa shape index (κ2) is 6.97. The van der Waals surface area contributed by atoms with Crippen molar-refractivity contribution in [2.24, 2.45) is 23.7 Å². The number of hydrogen-bond donors (Lipinski definition) is 1. The van der Waals surface area contributed by atoms with Crippen LogP contribution in [0.15, 0.2) is 0 Å². The second-order valence-electron chi connectivity index (χ2n) is 8.92. The predicted molar refractivity (Wildman–Crippen MR) is 92.0 cm³/mol. The zero-order chi connectivity index (χ0) is 18.4. The third-order valence-electron chi connectivity index (χ3n) is 6.94. The fourth-order valence-electron chi connectivity index (χ4n) is 5.52. The molecule has 150 valence electrons. The van der Waals surface area contributed by atoms with Gasteiger partial charge in [0.2, 0.25) is 11.6 Å². The van der Waals surface area contributed by atoms with Gasteiger partial charge in [-0.1, -0.05) is 19.3 Å². The molecule has 3 atom stereocenters. The largest absolute Gasteiger partial charge is 0.397 e. The predicted octanol–water partition coefficient (Wildman–Crippen LogP) is 3.60. The summed E-state index contributed by atoms with van der Waals surface area (Å²) in [5.41, 5.74) is 0. The Labute approximate surface area is 155 Å². The monoisotopic (exact) mass is 390 g/mol. The molecule has 8 heteroatoms. The van der Waals surface area contributed by atoms with E-state index in [1.165, 1.54) is 25.7 Å². The molecule has 1 saturated heterocycles. The zero-order valence-electron chi connectivity index (χ0n) is 15.4. The fraction of sp³-hybridized carbons (Fsp3) is 1.00. The molecule has 0 aromatic heterocycles. The van der Waals surface area contributed by atoms with E-state index >= 15 is 0 Å². The molecule has 26 heavy (non-hydrogen) atoms. The quantitative estimate of drug-likeness (QED) is 0.579. The first-order valence-corrected chi connectivity index (χ1v) is 11.3. The van der Waals surface area contributed by atoms with Crippen LogP contribution in [0, 0.1) is 23.7 Å². The third kappa shape index (κ3) is 4.10. The topological polar surface area (TPSA) is 91.3 Å². The van der Waals surface area contributed by atoms with Crippen molar-refractivity contribution >= 4 is 10.4 Å². The summed E-state index contributed by atoms with van der Waals surface area (Å²) in [6.07, 6.45) is 10.4. The van der Waals surface area contributed by atoms with E-state index in [9.17, 15) is 8.42 Å². The van der Waals surface area contributed by atoms with E-state index in [4.69, 9.17) is 19.1 Å². The Balaban J connectivity index is 1.33. The summed E-state index contributed by atoms with van der Waals surface area (Å²) in [7, 11) is -4.38. The summed E-state index contributed by atoms with van der Waals surface area (Å²) in [5.74, 6) is 0.604. The van der Waals surface area contributed by atoms with Crippen LogP contribution in [0.3, 0.4) is 0 Å². The molecule has 1 aliphatic heterocycles. The molecule has 2 bridgehead atoms. The van der Waals surface area contributed by atoms with Gasteiger partial charge in [-0.2, -0.15) is 18.2 Å². The first-order chi connectivity index (χ1) is 12.3. The number of hydrogen-bond acceptors (Lipinski definition) is 6. The van der Waals surface area contributed by atoms with E-state index in [1.807, 2.05) is 6.92 Å². The molecule has 7 nitrogen and oxygen atoms in total. The maximum atomic E-state index is 10.7. The lowest BCUT2D eigenvalue weighted by Gasteiger charge is -2.44. The van der Waals surface area contributed by atoms with Crippen LogP contribution in [0.1, 0.15) is 71.1 Å². The molecule has 4 aliphatic rings. The van der Waals surface area contributed by atoms with Crippen molar-refractivity contribution in [3.63, 3.8) is 0 Å². The minimum absolute atomic E-state index is 0.000969. The Bertz CT molecular complexity index is 601. The van der Waals surface area contributed by atoms with Crippen LogP contribution < -0.4 is 0 Å². The van der Waals surface area contributed by atoms with E-state index in [0.717, 1.165) is 24.7 Å². The SMILES string of the molecule is C[C@@]1(C2CC3CCCC(C3)C2)OO[C@]2(CC[C@@H](COS(=O)(=O)O)CC2)O1. The highest BCUT2D eigenvalue weighted by molar-refractivity contribution is 7.80. The highest BCUT2D eigenvalue weighted by Gasteiger charge is 2.56. The van der Waals surface area contributed by atoms with Gasteiger partial charge in [0.15, 0.2) is 0 Å². The van der Waals surface area contributed by atoms with Crippen molar-refractivity contribution in [2.45, 2.75) is 82.7 Å². The molecule has 0 aromatic rings. The van der Waals surface area contributed by atoms with Crippen LogP contribution in [0.4, 0.5) is 0 Å². The zero-order valence-corrected chi connectivity index (χ0v) is 16.2. The van der Waals surface area contributed by atoms with Gasteiger partial charge in [-0.25, -0.2) is 4.18 Å². The molecule has 1 spiro atoms. The highest BCUT2D eigenvalue weighted by Crippen LogP contribution is 2.52. The Morgan fingerprint density at radius 3 is 2.31 bits per heavy atom. The van der Waals surface area contributed by atoms with Gasteiger partial charge in [0, 0.05) is 18.8 Å². The van der Waals surface area contributed by atoms with E-state index in [2.05, 4.69) is 4.18 Å². The van der Waals surface area contributed by atoms with E-state index in [0.29, 0.717) is 31.6 Å². The maximum absolute atomic E-state index is 10.7. The van der Waals surface area contributed by atoms with Gasteiger partial charge >= 0.3 is 10.4 Å². The van der Waals surface area contributed by atoms with Crippen LogP contribution in [-0.4, -0.2) is 31.2 Å².